The van der Waals surface area contributed by atoms with E-state index in [1.165, 1.54) is 11.4 Å². The number of para-hydroxylation sites is 4. The highest BCUT2D eigenvalue weighted by Gasteiger charge is 2.37. The van der Waals surface area contributed by atoms with Gasteiger partial charge in [-0.15, -0.1) is 11.8 Å². The van der Waals surface area contributed by atoms with Gasteiger partial charge >= 0.3 is 5.89 Å². The molecule has 1 aliphatic carbocycles. The van der Waals surface area contributed by atoms with Crippen molar-refractivity contribution in [3.8, 4) is 0 Å². The van der Waals surface area contributed by atoms with E-state index in [1.807, 2.05) is 36.6 Å². The van der Waals surface area contributed by atoms with E-state index in [-0.39, 0.29) is 22.8 Å². The van der Waals surface area contributed by atoms with Crippen molar-refractivity contribution < 1.29 is 30.8 Å². The number of hydrogen-bond donors (Lipinski definition) is 0. The van der Waals surface area contributed by atoms with E-state index >= 15 is 0 Å². The lowest BCUT2D eigenvalue weighted by Crippen LogP contribution is -3.00. The Morgan fingerprint density at radius 1 is 0.941 bits per heavy atom. The number of anilines is 2. The summed E-state index contributed by atoms with van der Waals surface area (Å²) in [6.07, 6.45) is 5.99. The van der Waals surface area contributed by atoms with Crippen molar-refractivity contribution in [1.82, 2.24) is 0 Å². The molecule has 0 fully saturated rings. The smallest absolute Gasteiger partial charge is 0.374 e. The zero-order valence-electron chi connectivity index (χ0n) is 19.8. The number of thioether (sulfide) groups is 1. The number of rotatable bonds is 6. The number of benzene rings is 2. The first-order valence-electron chi connectivity index (χ1n) is 11.4. The van der Waals surface area contributed by atoms with Gasteiger partial charge in [0.25, 0.3) is 5.52 Å². The van der Waals surface area contributed by atoms with Crippen LogP contribution in [-0.2, 0) is 11.3 Å². The van der Waals surface area contributed by atoms with E-state index < -0.39 is 0 Å². The Hall–Kier alpha value is -2.77. The minimum absolute atomic E-state index is 0. The van der Waals surface area contributed by atoms with Crippen LogP contribution >= 0.6 is 11.8 Å². The summed E-state index contributed by atoms with van der Waals surface area (Å²) >= 11 is 1.61. The van der Waals surface area contributed by atoms with Gasteiger partial charge in [0.05, 0.1) is 17.5 Å². The monoisotopic (exact) mass is 537 g/mol. The molecule has 34 heavy (non-hydrogen) atoms. The molecule has 5 rings (SSSR count). The first kappa shape index (κ1) is 24.4. The Bertz CT molecular complexity index is 1320. The van der Waals surface area contributed by atoms with E-state index in [1.54, 1.807) is 11.8 Å². The number of carbonyl (C=O) groups is 1. The topological polar surface area (TPSA) is 40.6 Å². The summed E-state index contributed by atoms with van der Waals surface area (Å²) in [5.41, 5.74) is 5.73. The average Bonchev–Trinajstić information content (AvgIpc) is 3.36. The largest absolute Gasteiger partial charge is 1.00 e. The molecule has 176 valence electrons. The molecular formula is C27H28BrN3O2S. The number of halogens is 1. The number of fused-ring (bicyclic) bond motifs is 2. The molecule has 0 radical (unpaired) electrons. The number of oxazole rings is 1. The number of ketones is 1. The van der Waals surface area contributed by atoms with E-state index in [0.717, 1.165) is 52.6 Å². The van der Waals surface area contributed by atoms with Gasteiger partial charge in [-0.25, -0.2) is 0 Å². The first-order chi connectivity index (χ1) is 16.1. The lowest BCUT2D eigenvalue weighted by atomic mass is 9.89. The summed E-state index contributed by atoms with van der Waals surface area (Å²) in [7, 11) is 0. The minimum Gasteiger partial charge on any atom is -1.00 e. The third-order valence-electron chi connectivity index (χ3n) is 6.33. The van der Waals surface area contributed by atoms with Crippen LogP contribution < -0.4 is 31.3 Å². The van der Waals surface area contributed by atoms with Crippen LogP contribution in [0.15, 0.2) is 80.9 Å². The quantitative estimate of drug-likeness (QED) is 0.357. The van der Waals surface area contributed by atoms with Crippen LogP contribution in [0.1, 0.15) is 26.7 Å². The summed E-state index contributed by atoms with van der Waals surface area (Å²) in [4.78, 5) is 18.9. The van der Waals surface area contributed by atoms with Gasteiger partial charge in [-0.1, -0.05) is 24.3 Å². The average molecular weight is 539 g/mol. The molecule has 2 aliphatic rings. The molecule has 0 saturated heterocycles. The fourth-order valence-corrected chi connectivity index (χ4v) is 5.53. The Morgan fingerprint density at radius 2 is 1.56 bits per heavy atom. The highest BCUT2D eigenvalue weighted by Crippen LogP contribution is 2.45. The van der Waals surface area contributed by atoms with Crippen LogP contribution in [0.3, 0.4) is 0 Å². The summed E-state index contributed by atoms with van der Waals surface area (Å²) in [6.45, 7) is 8.83. The fraction of sp³-hybridized carbons (Fsp3) is 0.259. The Labute approximate surface area is 215 Å². The molecule has 2 heterocycles. The van der Waals surface area contributed by atoms with E-state index in [0.29, 0.717) is 5.89 Å². The van der Waals surface area contributed by atoms with Crippen LogP contribution in [0.2, 0.25) is 0 Å². The molecule has 0 spiro atoms. The lowest BCUT2D eigenvalue weighted by molar-refractivity contribution is -0.674. The molecule has 0 unspecified atom stereocenters. The molecule has 1 aromatic heterocycles. The van der Waals surface area contributed by atoms with Gasteiger partial charge in [-0.3, -0.25) is 4.79 Å². The number of carbonyl (C=O) groups excluding carboxylic acids is 1. The molecule has 0 bridgehead atoms. The molecular weight excluding hydrogens is 510 g/mol. The second-order valence-electron chi connectivity index (χ2n) is 7.97. The minimum atomic E-state index is 0. The van der Waals surface area contributed by atoms with E-state index in [4.69, 9.17) is 4.42 Å². The lowest BCUT2D eigenvalue weighted by Gasteiger charge is -2.27. The van der Waals surface area contributed by atoms with Crippen LogP contribution in [0.5, 0.6) is 0 Å². The summed E-state index contributed by atoms with van der Waals surface area (Å²) in [5.74, 6) is 1.83. The van der Waals surface area contributed by atoms with E-state index in [2.05, 4.69) is 65.5 Å². The van der Waals surface area contributed by atoms with Crippen molar-refractivity contribution >= 4 is 46.1 Å². The van der Waals surface area contributed by atoms with E-state index in [9.17, 15) is 4.79 Å². The predicted molar refractivity (Wildman–Crippen MR) is 136 cm³/mol. The number of aryl methyl sites for hydroxylation is 1. The van der Waals surface area contributed by atoms with Gasteiger partial charge in [0.2, 0.25) is 5.58 Å². The van der Waals surface area contributed by atoms with Crippen LogP contribution in [0, 0.1) is 0 Å². The molecule has 0 atom stereocenters. The zero-order chi connectivity index (χ0) is 23.1. The number of hydrogen-bond acceptors (Lipinski definition) is 5. The maximum Gasteiger partial charge on any atom is 0.374 e. The molecule has 0 N–H and O–H groups in total. The fourth-order valence-electron chi connectivity index (χ4n) is 4.79. The number of allylic oxidation sites excluding steroid dienone is 3. The van der Waals surface area contributed by atoms with Gasteiger partial charge in [0.1, 0.15) is 12.4 Å². The normalized spacial score (nSPS) is 16.3. The van der Waals surface area contributed by atoms with Crippen LogP contribution in [0.4, 0.5) is 11.4 Å². The molecule has 7 heteroatoms. The van der Waals surface area contributed by atoms with Crippen molar-refractivity contribution in [1.29, 1.82) is 0 Å². The van der Waals surface area contributed by atoms with Gasteiger partial charge in [0, 0.05) is 35.2 Å². The van der Waals surface area contributed by atoms with Crippen molar-refractivity contribution in [3.05, 3.63) is 82.4 Å². The third kappa shape index (κ3) is 3.71. The van der Waals surface area contributed by atoms with Gasteiger partial charge in [-0.2, -0.15) is 4.57 Å². The third-order valence-corrected chi connectivity index (χ3v) is 7.17. The number of Topliss-reactive ketones (excluding diaryl/α,β-unsaturated/α-hetero) is 1. The van der Waals surface area contributed by atoms with Crippen molar-refractivity contribution in [2.75, 3.05) is 29.1 Å². The maximum absolute atomic E-state index is 13.3. The highest BCUT2D eigenvalue weighted by atomic mass is 79.9. The second-order valence-corrected chi connectivity index (χ2v) is 8.78. The molecule has 2 aromatic carbocycles. The number of aromatic nitrogens is 1. The second kappa shape index (κ2) is 9.84. The van der Waals surface area contributed by atoms with Gasteiger partial charge in [-0.05, 0) is 51.3 Å². The zero-order valence-corrected chi connectivity index (χ0v) is 22.2. The Morgan fingerprint density at radius 3 is 2.15 bits per heavy atom. The standard InChI is InChI=1S/C27H28N3O2S.BrH/c1-5-28-20-12-8-9-13-21(20)29(6-2)24(28)16-18-26(31)19(27(18)33-4)17-25-30(7-3)22-14-10-11-15-23(22)32-25;/h8-17H,5-7H2,1-4H3;1H/q+1;/p-1. The van der Waals surface area contributed by atoms with Crippen LogP contribution in [0.25, 0.3) is 17.2 Å². The SMILES string of the molecule is CCN1C(=CC2=C(SC)/C(=C\c3oc4ccccc4[n+]3CC)C2=O)N(CC)c2ccccc21.[Br-]. The molecule has 5 nitrogen and oxygen atoms in total. The van der Waals surface area contributed by atoms with Gasteiger partial charge < -0.3 is 31.2 Å². The molecule has 0 saturated carbocycles. The molecule has 1 aliphatic heterocycles. The van der Waals surface area contributed by atoms with Crippen molar-refractivity contribution in [3.63, 3.8) is 0 Å². The number of nitrogens with zero attached hydrogens (tertiary/aromatic N) is 3. The summed E-state index contributed by atoms with van der Waals surface area (Å²) in [6, 6.07) is 16.4. The highest BCUT2D eigenvalue weighted by molar-refractivity contribution is 8.02. The van der Waals surface area contributed by atoms with Gasteiger partial charge in [0.15, 0.2) is 5.78 Å². The predicted octanol–water partition coefficient (Wildman–Crippen LogP) is 2.54. The summed E-state index contributed by atoms with van der Waals surface area (Å²) < 4.78 is 8.19. The first-order valence-corrected chi connectivity index (χ1v) is 12.7. The molecule has 0 amide bonds. The Kier molecular flexibility index (Phi) is 7.05. The van der Waals surface area contributed by atoms with Crippen LogP contribution in [-0.4, -0.2) is 25.1 Å². The Balaban J connectivity index is 0.00000274. The van der Waals surface area contributed by atoms with Crippen molar-refractivity contribution in [2.45, 2.75) is 27.3 Å². The van der Waals surface area contributed by atoms with Crippen molar-refractivity contribution in [2.24, 2.45) is 0 Å². The summed E-state index contributed by atoms with van der Waals surface area (Å²) in [5, 5.41) is 0. The molecule has 3 aromatic rings. The maximum atomic E-state index is 13.3.